The van der Waals surface area contributed by atoms with E-state index in [1.165, 1.54) is 7.11 Å². The van der Waals surface area contributed by atoms with Crippen LogP contribution in [-0.4, -0.2) is 64.2 Å². The van der Waals surface area contributed by atoms with E-state index < -0.39 is 18.2 Å². The molecular formula is C29H45ClN2O6. The van der Waals surface area contributed by atoms with Gasteiger partial charge in [-0.05, 0) is 47.9 Å². The zero-order valence-corrected chi connectivity index (χ0v) is 24.0. The molecule has 4 N–H and O–H groups in total. The van der Waals surface area contributed by atoms with E-state index in [1.54, 1.807) is 14.2 Å². The van der Waals surface area contributed by atoms with E-state index in [4.69, 9.17) is 24.7 Å². The maximum atomic E-state index is 12.7. The van der Waals surface area contributed by atoms with Crippen LogP contribution in [-0.2, 0) is 20.7 Å². The van der Waals surface area contributed by atoms with Crippen molar-refractivity contribution in [3.63, 3.8) is 0 Å². The standard InChI is InChI=1S/C29H44N2O6.ClH/c1-20(2)23(16-21-12-13-26(35-4)27(17-21)37-15-9-14-34-3)18-24(30)25(32)19-31-29(33)28(36-5)22-10-7-6-8-11-22;/h6-8,10-13,17,20,23-25,28,32H,9,14-16,18-19,30H2,1-5H3,(H,31,33);1H/t23-,24-,25-,28+;/m0./s1. The van der Waals surface area contributed by atoms with Gasteiger partial charge in [-0.25, -0.2) is 0 Å². The average molecular weight is 553 g/mol. The summed E-state index contributed by atoms with van der Waals surface area (Å²) in [5.41, 5.74) is 8.26. The molecule has 4 atom stereocenters. The highest BCUT2D eigenvalue weighted by molar-refractivity contribution is 5.85. The van der Waals surface area contributed by atoms with E-state index in [0.29, 0.717) is 37.1 Å². The Morgan fingerprint density at radius 2 is 1.74 bits per heavy atom. The van der Waals surface area contributed by atoms with Crippen LogP contribution in [0.4, 0.5) is 0 Å². The Labute approximate surface area is 233 Å². The van der Waals surface area contributed by atoms with Crippen LogP contribution in [0.25, 0.3) is 0 Å². The van der Waals surface area contributed by atoms with E-state index in [9.17, 15) is 9.90 Å². The summed E-state index contributed by atoms with van der Waals surface area (Å²) in [6.45, 7) is 5.54. The minimum atomic E-state index is -0.881. The number of aliphatic hydroxyl groups excluding tert-OH is 1. The molecular weight excluding hydrogens is 508 g/mol. The minimum absolute atomic E-state index is 0. The van der Waals surface area contributed by atoms with E-state index in [2.05, 4.69) is 19.2 Å². The Morgan fingerprint density at radius 3 is 2.34 bits per heavy atom. The van der Waals surface area contributed by atoms with Gasteiger partial charge in [0, 0.05) is 39.8 Å². The molecule has 2 aromatic rings. The molecule has 0 aromatic heterocycles. The van der Waals surface area contributed by atoms with Gasteiger partial charge < -0.3 is 35.1 Å². The predicted molar refractivity (Wildman–Crippen MR) is 152 cm³/mol. The van der Waals surface area contributed by atoms with Crippen molar-refractivity contribution in [2.45, 2.75) is 51.4 Å². The number of amides is 1. The molecule has 9 heteroatoms. The second kappa shape index (κ2) is 18.0. The van der Waals surface area contributed by atoms with Crippen molar-refractivity contribution >= 4 is 18.3 Å². The number of aliphatic hydroxyl groups is 1. The van der Waals surface area contributed by atoms with E-state index in [-0.39, 0.29) is 30.8 Å². The quantitative estimate of drug-likeness (QED) is 0.255. The van der Waals surface area contributed by atoms with Crippen LogP contribution in [0.15, 0.2) is 48.5 Å². The summed E-state index contributed by atoms with van der Waals surface area (Å²) in [5, 5.41) is 13.5. The first-order valence-corrected chi connectivity index (χ1v) is 12.9. The van der Waals surface area contributed by atoms with Crippen molar-refractivity contribution in [1.29, 1.82) is 0 Å². The van der Waals surface area contributed by atoms with Crippen molar-refractivity contribution < 1.29 is 28.8 Å². The first-order chi connectivity index (χ1) is 17.8. The number of nitrogens with two attached hydrogens (primary N) is 1. The molecule has 0 radical (unpaired) electrons. The minimum Gasteiger partial charge on any atom is -0.493 e. The van der Waals surface area contributed by atoms with Gasteiger partial charge in [0.05, 0.1) is 19.8 Å². The normalized spacial score (nSPS) is 14.2. The zero-order chi connectivity index (χ0) is 27.2. The fourth-order valence-corrected chi connectivity index (χ4v) is 4.22. The summed E-state index contributed by atoms with van der Waals surface area (Å²) < 4.78 is 21.8. The van der Waals surface area contributed by atoms with Gasteiger partial charge in [-0.3, -0.25) is 4.79 Å². The fraction of sp³-hybridized carbons (Fsp3) is 0.552. The molecule has 0 saturated carbocycles. The van der Waals surface area contributed by atoms with Crippen LogP contribution in [0.1, 0.15) is 43.9 Å². The molecule has 8 nitrogen and oxygen atoms in total. The fourth-order valence-electron chi connectivity index (χ4n) is 4.22. The lowest BCUT2D eigenvalue weighted by Crippen LogP contribution is -2.45. The van der Waals surface area contributed by atoms with Crippen molar-refractivity contribution in [3.05, 3.63) is 59.7 Å². The van der Waals surface area contributed by atoms with Crippen molar-refractivity contribution in [2.24, 2.45) is 17.6 Å². The molecule has 1 amide bonds. The van der Waals surface area contributed by atoms with Crippen LogP contribution in [0.2, 0.25) is 0 Å². The third-order valence-corrected chi connectivity index (χ3v) is 6.55. The monoisotopic (exact) mass is 552 g/mol. The van der Waals surface area contributed by atoms with E-state index >= 15 is 0 Å². The molecule has 2 aromatic carbocycles. The van der Waals surface area contributed by atoms with Crippen molar-refractivity contribution in [3.8, 4) is 11.5 Å². The predicted octanol–water partition coefficient (Wildman–Crippen LogP) is 3.93. The van der Waals surface area contributed by atoms with Gasteiger partial charge in [-0.15, -0.1) is 12.4 Å². The molecule has 0 spiro atoms. The highest BCUT2D eigenvalue weighted by atomic mass is 35.5. The molecule has 0 heterocycles. The number of methoxy groups -OCH3 is 3. The summed E-state index contributed by atoms with van der Waals surface area (Å²) in [7, 11) is 4.79. The van der Waals surface area contributed by atoms with Crippen LogP contribution in [0.3, 0.4) is 0 Å². The SMILES string of the molecule is COCCCOc1cc(C[C@@H](C[C@H](N)[C@@H](O)CNC(=O)[C@H](OC)c2ccccc2)C(C)C)ccc1OC.Cl. The number of benzene rings is 2. The van der Waals surface area contributed by atoms with Crippen LogP contribution >= 0.6 is 12.4 Å². The number of carbonyl (C=O) groups excluding carboxylic acids is 1. The summed E-state index contributed by atoms with van der Waals surface area (Å²) >= 11 is 0. The van der Waals surface area contributed by atoms with Crippen molar-refractivity contribution in [2.75, 3.05) is 41.1 Å². The Kier molecular flexibility index (Phi) is 16.0. The Bertz CT molecular complexity index is 931. The lowest BCUT2D eigenvalue weighted by Gasteiger charge is -2.28. The summed E-state index contributed by atoms with van der Waals surface area (Å²) in [6, 6.07) is 14.7. The third kappa shape index (κ3) is 10.8. The number of halogens is 1. The Morgan fingerprint density at radius 1 is 1.03 bits per heavy atom. The Balaban J connectivity index is 0.00000722. The second-order valence-electron chi connectivity index (χ2n) is 9.63. The first kappa shape index (κ1) is 33.7. The van der Waals surface area contributed by atoms with E-state index in [0.717, 1.165) is 24.0 Å². The van der Waals surface area contributed by atoms with Gasteiger partial charge in [-0.1, -0.05) is 50.2 Å². The molecule has 0 saturated heterocycles. The maximum absolute atomic E-state index is 12.7. The van der Waals surface area contributed by atoms with Crippen LogP contribution in [0.5, 0.6) is 11.5 Å². The van der Waals surface area contributed by atoms with Crippen LogP contribution < -0.4 is 20.5 Å². The third-order valence-electron chi connectivity index (χ3n) is 6.55. The van der Waals surface area contributed by atoms with Gasteiger partial charge >= 0.3 is 0 Å². The first-order valence-electron chi connectivity index (χ1n) is 12.9. The molecule has 0 aliphatic heterocycles. The largest absolute Gasteiger partial charge is 0.493 e. The Hall–Kier alpha value is -2.36. The number of nitrogens with one attached hydrogen (secondary N) is 1. The lowest BCUT2D eigenvalue weighted by atomic mass is 9.83. The molecule has 0 aliphatic rings. The average Bonchev–Trinajstić information content (AvgIpc) is 2.90. The number of hydrogen-bond acceptors (Lipinski definition) is 7. The van der Waals surface area contributed by atoms with Gasteiger partial charge in [0.25, 0.3) is 5.91 Å². The smallest absolute Gasteiger partial charge is 0.253 e. The maximum Gasteiger partial charge on any atom is 0.253 e. The van der Waals surface area contributed by atoms with E-state index in [1.807, 2.05) is 48.5 Å². The second-order valence-corrected chi connectivity index (χ2v) is 9.63. The molecule has 38 heavy (non-hydrogen) atoms. The number of rotatable bonds is 17. The molecule has 0 bridgehead atoms. The van der Waals surface area contributed by atoms with Gasteiger partial charge in [0.2, 0.25) is 0 Å². The topological polar surface area (TPSA) is 112 Å². The molecule has 0 unspecified atom stereocenters. The lowest BCUT2D eigenvalue weighted by molar-refractivity contribution is -0.132. The van der Waals surface area contributed by atoms with Gasteiger partial charge in [0.1, 0.15) is 0 Å². The van der Waals surface area contributed by atoms with Crippen molar-refractivity contribution in [1.82, 2.24) is 5.32 Å². The molecule has 214 valence electrons. The summed E-state index contributed by atoms with van der Waals surface area (Å²) in [6.07, 6.45) is 0.556. The summed E-state index contributed by atoms with van der Waals surface area (Å²) in [5.74, 6) is 1.66. The zero-order valence-electron chi connectivity index (χ0n) is 23.2. The molecule has 0 aliphatic carbocycles. The summed E-state index contributed by atoms with van der Waals surface area (Å²) in [4.78, 5) is 12.7. The highest BCUT2D eigenvalue weighted by Crippen LogP contribution is 2.31. The number of ether oxygens (including phenoxy) is 4. The van der Waals surface area contributed by atoms with Crippen LogP contribution in [0, 0.1) is 11.8 Å². The number of hydrogen-bond donors (Lipinski definition) is 3. The molecule has 2 rings (SSSR count). The highest BCUT2D eigenvalue weighted by Gasteiger charge is 2.25. The van der Waals surface area contributed by atoms with Gasteiger partial charge in [0.15, 0.2) is 17.6 Å². The molecule has 0 fully saturated rings. The van der Waals surface area contributed by atoms with Gasteiger partial charge in [-0.2, -0.15) is 0 Å². The number of carbonyl (C=O) groups is 1.